The Morgan fingerprint density at radius 2 is 2.00 bits per heavy atom. The van der Waals surface area contributed by atoms with Crippen LogP contribution in [0, 0.1) is 0 Å². The maximum atomic E-state index is 11.9. The van der Waals surface area contributed by atoms with Gasteiger partial charge in [0.2, 0.25) is 0 Å². The molecule has 2 aromatic heterocycles. The van der Waals surface area contributed by atoms with Crippen molar-refractivity contribution in [3.8, 4) is 0 Å². The Hall–Kier alpha value is -2.64. The number of rotatable bonds is 5. The van der Waals surface area contributed by atoms with Crippen LogP contribution in [0.15, 0.2) is 21.7 Å². The zero-order valence-corrected chi connectivity index (χ0v) is 12.8. The number of nitrogens with zero attached hydrogens (tertiary/aromatic N) is 3. The van der Waals surface area contributed by atoms with Gasteiger partial charge in [-0.1, -0.05) is 13.3 Å². The van der Waals surface area contributed by atoms with Gasteiger partial charge in [-0.2, -0.15) is 5.10 Å². The van der Waals surface area contributed by atoms with Gasteiger partial charge >= 0.3 is 11.7 Å². The molecule has 118 valence electrons. The van der Waals surface area contributed by atoms with Crippen LogP contribution in [-0.4, -0.2) is 25.3 Å². The summed E-state index contributed by atoms with van der Waals surface area (Å²) in [7, 11) is 2.90. The Bertz CT molecular complexity index is 800. The standard InChI is InChI=1S/C14H18N4O4/c1-4-5-9-6-11(16-15-9)13(20)22-8-10-7-12(19)18(3)14(21)17(10)2/h6-7H,4-5,8H2,1-3H3,(H,15,16). The van der Waals surface area contributed by atoms with Crippen LogP contribution in [0.3, 0.4) is 0 Å². The van der Waals surface area contributed by atoms with Crippen LogP contribution in [0.4, 0.5) is 0 Å². The van der Waals surface area contributed by atoms with Crippen molar-refractivity contribution in [2.24, 2.45) is 14.1 Å². The van der Waals surface area contributed by atoms with Crippen LogP contribution in [0.1, 0.15) is 35.2 Å². The molecule has 0 atom stereocenters. The Balaban J connectivity index is 2.11. The molecule has 0 aromatic carbocycles. The van der Waals surface area contributed by atoms with Crippen LogP contribution < -0.4 is 11.2 Å². The summed E-state index contributed by atoms with van der Waals surface area (Å²) < 4.78 is 7.35. The fourth-order valence-corrected chi connectivity index (χ4v) is 1.99. The number of hydrogen-bond donors (Lipinski definition) is 1. The van der Waals surface area contributed by atoms with Gasteiger partial charge in [-0.3, -0.25) is 19.0 Å². The van der Waals surface area contributed by atoms with Crippen LogP contribution in [0.5, 0.6) is 0 Å². The van der Waals surface area contributed by atoms with Gasteiger partial charge in [0.15, 0.2) is 5.69 Å². The summed E-state index contributed by atoms with van der Waals surface area (Å²) in [5.74, 6) is -0.605. The van der Waals surface area contributed by atoms with Crippen LogP contribution in [0.2, 0.25) is 0 Å². The van der Waals surface area contributed by atoms with E-state index in [9.17, 15) is 14.4 Å². The van der Waals surface area contributed by atoms with Gasteiger partial charge in [0.25, 0.3) is 5.56 Å². The van der Waals surface area contributed by atoms with E-state index in [1.807, 2.05) is 6.92 Å². The van der Waals surface area contributed by atoms with Crippen molar-refractivity contribution in [1.82, 2.24) is 19.3 Å². The van der Waals surface area contributed by atoms with Crippen LogP contribution >= 0.6 is 0 Å². The summed E-state index contributed by atoms with van der Waals surface area (Å²) in [4.78, 5) is 35.3. The number of H-pyrrole nitrogens is 1. The van der Waals surface area contributed by atoms with Crippen molar-refractivity contribution >= 4 is 5.97 Å². The molecular weight excluding hydrogens is 288 g/mol. The second-order valence-electron chi connectivity index (χ2n) is 4.98. The number of aryl methyl sites for hydroxylation is 1. The fraction of sp³-hybridized carbons (Fsp3) is 0.429. The molecule has 1 N–H and O–H groups in total. The van der Waals surface area contributed by atoms with Crippen molar-refractivity contribution < 1.29 is 9.53 Å². The molecule has 0 spiro atoms. The number of aromatic amines is 1. The molecule has 2 aromatic rings. The van der Waals surface area contributed by atoms with Crippen molar-refractivity contribution in [1.29, 1.82) is 0 Å². The minimum Gasteiger partial charge on any atom is -0.454 e. The molecule has 22 heavy (non-hydrogen) atoms. The first-order chi connectivity index (χ1) is 10.4. The summed E-state index contributed by atoms with van der Waals surface area (Å²) in [6, 6.07) is 2.90. The summed E-state index contributed by atoms with van der Waals surface area (Å²) in [6.07, 6.45) is 1.73. The molecule has 0 bridgehead atoms. The molecule has 0 aliphatic carbocycles. The van der Waals surface area contributed by atoms with E-state index >= 15 is 0 Å². The average Bonchev–Trinajstić information content (AvgIpc) is 2.96. The number of carbonyl (C=O) groups is 1. The van der Waals surface area contributed by atoms with Gasteiger partial charge in [-0.15, -0.1) is 0 Å². The molecule has 0 radical (unpaired) electrons. The van der Waals surface area contributed by atoms with E-state index in [4.69, 9.17) is 4.74 Å². The van der Waals surface area contributed by atoms with E-state index in [2.05, 4.69) is 10.2 Å². The summed E-state index contributed by atoms with van der Waals surface area (Å²) in [5.41, 5.74) is 0.446. The van der Waals surface area contributed by atoms with Gasteiger partial charge in [0, 0.05) is 25.9 Å². The maximum Gasteiger partial charge on any atom is 0.359 e. The van der Waals surface area contributed by atoms with Gasteiger partial charge in [0.1, 0.15) is 6.61 Å². The molecule has 2 heterocycles. The fourth-order valence-electron chi connectivity index (χ4n) is 1.99. The lowest BCUT2D eigenvalue weighted by Gasteiger charge is -2.09. The molecule has 0 amide bonds. The number of nitrogens with one attached hydrogen (secondary N) is 1. The van der Waals surface area contributed by atoms with Crippen LogP contribution in [0.25, 0.3) is 0 Å². The zero-order valence-electron chi connectivity index (χ0n) is 12.8. The molecule has 0 aliphatic rings. The monoisotopic (exact) mass is 306 g/mol. The third kappa shape index (κ3) is 3.16. The highest BCUT2D eigenvalue weighted by atomic mass is 16.5. The molecule has 2 rings (SSSR count). The van der Waals surface area contributed by atoms with Crippen molar-refractivity contribution in [2.45, 2.75) is 26.4 Å². The van der Waals surface area contributed by atoms with Crippen molar-refractivity contribution in [3.63, 3.8) is 0 Å². The highest BCUT2D eigenvalue weighted by Gasteiger charge is 2.13. The minimum absolute atomic E-state index is 0.170. The van der Waals surface area contributed by atoms with Crippen molar-refractivity contribution in [2.75, 3.05) is 0 Å². The topological polar surface area (TPSA) is 99.0 Å². The maximum absolute atomic E-state index is 11.9. The predicted octanol–water partition coefficient (Wildman–Crippen LogP) is 0.117. The third-order valence-corrected chi connectivity index (χ3v) is 3.34. The zero-order chi connectivity index (χ0) is 16.3. The van der Waals surface area contributed by atoms with Crippen LogP contribution in [-0.2, 0) is 31.9 Å². The highest BCUT2D eigenvalue weighted by Crippen LogP contribution is 2.05. The first-order valence-electron chi connectivity index (χ1n) is 6.91. The Morgan fingerprint density at radius 1 is 1.27 bits per heavy atom. The van der Waals surface area contributed by atoms with E-state index < -0.39 is 17.2 Å². The molecule has 0 saturated carbocycles. The SMILES string of the molecule is CCCc1cc(C(=O)OCc2cc(=O)n(C)c(=O)n2C)n[nH]1. The minimum atomic E-state index is -0.605. The first-order valence-corrected chi connectivity index (χ1v) is 6.91. The van der Waals surface area contributed by atoms with E-state index in [-0.39, 0.29) is 12.3 Å². The molecule has 0 unspecified atom stereocenters. The van der Waals surface area contributed by atoms with Gasteiger partial charge in [0.05, 0.1) is 5.69 Å². The lowest BCUT2D eigenvalue weighted by molar-refractivity contribution is 0.0455. The van der Waals surface area contributed by atoms with Gasteiger partial charge in [-0.25, -0.2) is 9.59 Å². The third-order valence-electron chi connectivity index (χ3n) is 3.34. The molecule has 0 fully saturated rings. The highest BCUT2D eigenvalue weighted by molar-refractivity contribution is 5.87. The van der Waals surface area contributed by atoms with E-state index in [0.29, 0.717) is 5.69 Å². The molecule has 8 nitrogen and oxygen atoms in total. The Kier molecular flexibility index (Phi) is 4.59. The van der Waals surface area contributed by atoms with E-state index in [0.717, 1.165) is 23.1 Å². The van der Waals surface area contributed by atoms with E-state index in [1.54, 1.807) is 6.07 Å². The first kappa shape index (κ1) is 15.7. The molecule has 0 aliphatic heterocycles. The quantitative estimate of drug-likeness (QED) is 0.791. The summed E-state index contributed by atoms with van der Waals surface area (Å²) in [6.45, 7) is 1.85. The summed E-state index contributed by atoms with van der Waals surface area (Å²) >= 11 is 0. The lowest BCUT2D eigenvalue weighted by atomic mass is 10.2. The summed E-state index contributed by atoms with van der Waals surface area (Å²) in [5, 5.41) is 6.65. The van der Waals surface area contributed by atoms with E-state index in [1.165, 1.54) is 24.7 Å². The Labute approximate surface area is 126 Å². The second kappa shape index (κ2) is 6.42. The molecule has 8 heteroatoms. The number of ether oxygens (including phenoxy) is 1. The number of esters is 1. The lowest BCUT2D eigenvalue weighted by Crippen LogP contribution is -2.38. The smallest absolute Gasteiger partial charge is 0.359 e. The second-order valence-corrected chi connectivity index (χ2v) is 4.98. The molecule has 0 saturated heterocycles. The Morgan fingerprint density at radius 3 is 2.68 bits per heavy atom. The predicted molar refractivity (Wildman–Crippen MR) is 78.6 cm³/mol. The van der Waals surface area contributed by atoms with Gasteiger partial charge in [-0.05, 0) is 12.5 Å². The number of hydrogen-bond acceptors (Lipinski definition) is 5. The normalized spacial score (nSPS) is 10.7. The van der Waals surface area contributed by atoms with Gasteiger partial charge < -0.3 is 4.74 Å². The number of aromatic nitrogens is 4. The van der Waals surface area contributed by atoms with Crippen molar-refractivity contribution in [3.05, 3.63) is 50.1 Å². The molecular formula is C14H18N4O4. The average molecular weight is 306 g/mol. The largest absolute Gasteiger partial charge is 0.454 e. The number of carbonyl (C=O) groups excluding carboxylic acids is 1.